The molecule has 0 aliphatic carbocycles. The molecule has 0 bridgehead atoms. The summed E-state index contributed by atoms with van der Waals surface area (Å²) in [6, 6.07) is 1.63. The molecule has 1 amide bonds. The summed E-state index contributed by atoms with van der Waals surface area (Å²) in [5.74, 6) is -0.135. The Bertz CT molecular complexity index is 380. The summed E-state index contributed by atoms with van der Waals surface area (Å²) in [5, 5.41) is 2.97. The number of hydrogen-bond donors (Lipinski definition) is 3. The van der Waals surface area contributed by atoms with Gasteiger partial charge in [-0.1, -0.05) is 0 Å². The third-order valence-corrected chi connectivity index (χ3v) is 2.80. The van der Waals surface area contributed by atoms with Crippen molar-refractivity contribution in [3.05, 3.63) is 18.0 Å². The van der Waals surface area contributed by atoms with E-state index < -0.39 is 0 Å². The van der Waals surface area contributed by atoms with Crippen molar-refractivity contribution in [3.8, 4) is 0 Å². The van der Waals surface area contributed by atoms with Crippen molar-refractivity contribution >= 4 is 11.6 Å². The molecule has 1 aliphatic rings. The number of carbonyl (C=O) groups excluding carboxylic acids is 1. The summed E-state index contributed by atoms with van der Waals surface area (Å²) < 4.78 is 5.38. The van der Waals surface area contributed by atoms with E-state index in [1.54, 1.807) is 12.3 Å². The molecular formula is C11H17N3O2. The van der Waals surface area contributed by atoms with Crippen molar-refractivity contribution in [3.63, 3.8) is 0 Å². The van der Waals surface area contributed by atoms with E-state index in [0.717, 1.165) is 19.4 Å². The summed E-state index contributed by atoms with van der Waals surface area (Å²) in [5.41, 5.74) is 6.33. The maximum atomic E-state index is 11.9. The first-order valence-corrected chi connectivity index (χ1v) is 5.43. The van der Waals surface area contributed by atoms with Crippen LogP contribution in [0.4, 0.5) is 5.69 Å². The number of amides is 1. The molecule has 5 heteroatoms. The highest BCUT2D eigenvalue weighted by atomic mass is 16.5. The van der Waals surface area contributed by atoms with E-state index >= 15 is 0 Å². The van der Waals surface area contributed by atoms with E-state index in [4.69, 9.17) is 10.5 Å². The maximum absolute atomic E-state index is 11.9. The van der Waals surface area contributed by atoms with Crippen LogP contribution in [0.2, 0.25) is 0 Å². The monoisotopic (exact) mass is 223 g/mol. The number of rotatable bonds is 2. The summed E-state index contributed by atoms with van der Waals surface area (Å²) in [6.45, 7) is 3.34. The third kappa shape index (κ3) is 2.36. The molecule has 88 valence electrons. The Hall–Kier alpha value is -1.49. The van der Waals surface area contributed by atoms with Crippen LogP contribution < -0.4 is 11.1 Å². The number of nitrogen functional groups attached to an aromatic ring is 1. The molecule has 0 saturated carbocycles. The lowest BCUT2D eigenvalue weighted by Gasteiger charge is -2.34. The van der Waals surface area contributed by atoms with Gasteiger partial charge in [0.15, 0.2) is 0 Å². The molecule has 5 nitrogen and oxygen atoms in total. The number of ether oxygens (including phenoxy) is 1. The van der Waals surface area contributed by atoms with Crippen molar-refractivity contribution in [1.82, 2.24) is 10.3 Å². The fourth-order valence-electron chi connectivity index (χ4n) is 1.92. The number of anilines is 1. The second-order valence-corrected chi connectivity index (χ2v) is 4.52. The van der Waals surface area contributed by atoms with Crippen LogP contribution in [-0.2, 0) is 4.74 Å². The van der Waals surface area contributed by atoms with E-state index in [1.807, 2.05) is 6.92 Å². The predicted molar refractivity (Wildman–Crippen MR) is 61.1 cm³/mol. The molecule has 0 aromatic carbocycles. The van der Waals surface area contributed by atoms with Gasteiger partial charge in [0.1, 0.15) is 5.69 Å². The van der Waals surface area contributed by atoms with Crippen molar-refractivity contribution in [2.24, 2.45) is 0 Å². The average Bonchev–Trinajstić information content (AvgIpc) is 2.65. The fraction of sp³-hybridized carbons (Fsp3) is 0.545. The highest BCUT2D eigenvalue weighted by Crippen LogP contribution is 2.19. The molecule has 1 aromatic heterocycles. The normalized spacial score (nSPS) is 25.3. The molecule has 2 heterocycles. The Morgan fingerprint density at radius 2 is 2.50 bits per heavy atom. The lowest BCUT2D eigenvalue weighted by atomic mass is 9.95. The second kappa shape index (κ2) is 4.17. The zero-order valence-electron chi connectivity index (χ0n) is 9.38. The number of aromatic nitrogens is 1. The number of nitrogens with one attached hydrogen (secondary N) is 2. The molecule has 1 aromatic rings. The van der Waals surface area contributed by atoms with Crippen LogP contribution in [0.25, 0.3) is 0 Å². The topological polar surface area (TPSA) is 80.1 Å². The Labute approximate surface area is 94.4 Å². The first-order valence-electron chi connectivity index (χ1n) is 5.43. The summed E-state index contributed by atoms with van der Waals surface area (Å²) in [7, 11) is 0. The molecule has 1 fully saturated rings. The number of carbonyl (C=O) groups is 1. The molecular weight excluding hydrogens is 206 g/mol. The second-order valence-electron chi connectivity index (χ2n) is 4.52. The zero-order chi connectivity index (χ0) is 11.6. The number of aromatic amines is 1. The molecule has 1 saturated heterocycles. The third-order valence-electron chi connectivity index (χ3n) is 2.80. The summed E-state index contributed by atoms with van der Waals surface area (Å²) >= 11 is 0. The van der Waals surface area contributed by atoms with Crippen LogP contribution in [0.15, 0.2) is 12.3 Å². The Morgan fingerprint density at radius 3 is 3.06 bits per heavy atom. The van der Waals surface area contributed by atoms with Gasteiger partial charge in [0, 0.05) is 18.5 Å². The van der Waals surface area contributed by atoms with Crippen molar-refractivity contribution in [2.45, 2.75) is 25.3 Å². The van der Waals surface area contributed by atoms with Gasteiger partial charge in [-0.3, -0.25) is 4.79 Å². The van der Waals surface area contributed by atoms with E-state index in [-0.39, 0.29) is 11.4 Å². The van der Waals surface area contributed by atoms with Crippen LogP contribution in [0, 0.1) is 0 Å². The quantitative estimate of drug-likeness (QED) is 0.696. The Balaban J connectivity index is 2.01. The van der Waals surface area contributed by atoms with Gasteiger partial charge in [-0.25, -0.2) is 0 Å². The van der Waals surface area contributed by atoms with Gasteiger partial charge in [-0.15, -0.1) is 0 Å². The smallest absolute Gasteiger partial charge is 0.268 e. The first kappa shape index (κ1) is 11.0. The summed E-state index contributed by atoms with van der Waals surface area (Å²) in [6.07, 6.45) is 3.52. The van der Waals surface area contributed by atoms with Gasteiger partial charge in [0.25, 0.3) is 5.91 Å². The highest BCUT2D eigenvalue weighted by Gasteiger charge is 2.29. The van der Waals surface area contributed by atoms with Crippen molar-refractivity contribution < 1.29 is 9.53 Å². The minimum Gasteiger partial charge on any atom is -0.397 e. The summed E-state index contributed by atoms with van der Waals surface area (Å²) in [4.78, 5) is 14.7. The standard InChI is InChI=1S/C11H17N3O2/c1-11(3-2-4-16-7-11)14-10(15)9-5-8(12)6-13-9/h5-6,13H,2-4,7,12H2,1H3,(H,14,15). The largest absolute Gasteiger partial charge is 0.397 e. The van der Waals surface area contributed by atoms with E-state index in [9.17, 15) is 4.79 Å². The average molecular weight is 223 g/mol. The molecule has 1 atom stereocenters. The van der Waals surface area contributed by atoms with E-state index in [0.29, 0.717) is 18.0 Å². The maximum Gasteiger partial charge on any atom is 0.268 e. The van der Waals surface area contributed by atoms with Crippen LogP contribution in [0.5, 0.6) is 0 Å². The van der Waals surface area contributed by atoms with E-state index in [1.165, 1.54) is 0 Å². The predicted octanol–water partition coefficient (Wildman–Crippen LogP) is 0.896. The Kier molecular flexibility index (Phi) is 2.87. The lowest BCUT2D eigenvalue weighted by molar-refractivity contribution is 0.0271. The van der Waals surface area contributed by atoms with Crippen LogP contribution >= 0.6 is 0 Å². The number of hydrogen-bond acceptors (Lipinski definition) is 3. The van der Waals surface area contributed by atoms with Gasteiger partial charge in [0.2, 0.25) is 0 Å². The minimum absolute atomic E-state index is 0.135. The zero-order valence-corrected chi connectivity index (χ0v) is 9.38. The number of H-pyrrole nitrogens is 1. The molecule has 0 spiro atoms. The van der Waals surface area contributed by atoms with E-state index in [2.05, 4.69) is 10.3 Å². The molecule has 4 N–H and O–H groups in total. The highest BCUT2D eigenvalue weighted by molar-refractivity contribution is 5.93. The first-order chi connectivity index (χ1) is 7.59. The fourth-order valence-corrected chi connectivity index (χ4v) is 1.92. The van der Waals surface area contributed by atoms with Crippen LogP contribution in [0.1, 0.15) is 30.3 Å². The van der Waals surface area contributed by atoms with Gasteiger partial charge in [0.05, 0.1) is 12.1 Å². The van der Waals surface area contributed by atoms with Crippen molar-refractivity contribution in [2.75, 3.05) is 18.9 Å². The molecule has 0 radical (unpaired) electrons. The molecule has 2 rings (SSSR count). The van der Waals surface area contributed by atoms with Gasteiger partial charge in [-0.05, 0) is 25.8 Å². The minimum atomic E-state index is -0.269. The van der Waals surface area contributed by atoms with Gasteiger partial charge in [-0.2, -0.15) is 0 Å². The van der Waals surface area contributed by atoms with Crippen LogP contribution in [0.3, 0.4) is 0 Å². The molecule has 16 heavy (non-hydrogen) atoms. The Morgan fingerprint density at radius 1 is 1.69 bits per heavy atom. The van der Waals surface area contributed by atoms with Gasteiger partial charge >= 0.3 is 0 Å². The molecule has 1 unspecified atom stereocenters. The van der Waals surface area contributed by atoms with Crippen molar-refractivity contribution in [1.29, 1.82) is 0 Å². The lowest BCUT2D eigenvalue weighted by Crippen LogP contribution is -2.51. The SMILES string of the molecule is CC1(NC(=O)c2cc(N)c[nH]2)CCCOC1. The van der Waals surface area contributed by atoms with Gasteiger partial charge < -0.3 is 20.8 Å². The molecule has 1 aliphatic heterocycles. The van der Waals surface area contributed by atoms with Crippen LogP contribution in [-0.4, -0.2) is 29.6 Å². The number of nitrogens with two attached hydrogens (primary N) is 1.